The van der Waals surface area contributed by atoms with Gasteiger partial charge < -0.3 is 14.7 Å². The van der Waals surface area contributed by atoms with Crippen molar-refractivity contribution in [2.45, 2.75) is 13.3 Å². The Morgan fingerprint density at radius 3 is 2.76 bits per heavy atom. The molecule has 2 atom stereocenters. The topological polar surface area (TPSA) is 70.1 Å². The van der Waals surface area contributed by atoms with Gasteiger partial charge in [0.25, 0.3) is 0 Å². The monoisotopic (exact) mass is 352 g/mol. The first-order chi connectivity index (χ1) is 11.9. The number of amides is 1. The largest absolute Gasteiger partial charge is 0.489 e. The van der Waals surface area contributed by atoms with Crippen LogP contribution in [0, 0.1) is 17.7 Å². The van der Waals surface area contributed by atoms with E-state index >= 15 is 0 Å². The number of carbonyl (C=O) groups excluding carboxylic acids is 1. The molecule has 2 unspecified atom stereocenters. The molecular weight excluding hydrogens is 327 g/mol. The zero-order valence-electron chi connectivity index (χ0n) is 14.7. The van der Waals surface area contributed by atoms with E-state index in [-0.39, 0.29) is 30.7 Å². The molecule has 1 saturated heterocycles. The lowest BCUT2D eigenvalue weighted by Crippen LogP contribution is -2.47. The van der Waals surface area contributed by atoms with Crippen LogP contribution in [0.25, 0.3) is 0 Å². The van der Waals surface area contributed by atoms with Gasteiger partial charge in [-0.1, -0.05) is 19.1 Å². The summed E-state index contributed by atoms with van der Waals surface area (Å²) in [5.41, 5.74) is 0. The zero-order chi connectivity index (χ0) is 18.4. The van der Waals surface area contributed by atoms with E-state index in [9.17, 15) is 19.1 Å². The first-order valence-electron chi connectivity index (χ1n) is 8.43. The number of carbonyl (C=O) groups is 2. The Balaban J connectivity index is 1.78. The number of carboxylic acid groups (broad SMARTS) is 1. The number of hydrogen-bond acceptors (Lipinski definition) is 4. The summed E-state index contributed by atoms with van der Waals surface area (Å²) in [6, 6.07) is 6.13. The molecule has 0 spiro atoms. The van der Waals surface area contributed by atoms with Gasteiger partial charge in [0.2, 0.25) is 5.91 Å². The summed E-state index contributed by atoms with van der Waals surface area (Å²) in [6.07, 6.45) is 0.645. The zero-order valence-corrected chi connectivity index (χ0v) is 14.7. The SMILES string of the molecule is CC1CC(C(=O)O)CN(CC(=O)N(C)CCOc2ccccc2F)C1. The highest BCUT2D eigenvalue weighted by molar-refractivity contribution is 5.78. The van der Waals surface area contributed by atoms with E-state index in [0.717, 1.165) is 6.54 Å². The van der Waals surface area contributed by atoms with Crippen LogP contribution in [0.15, 0.2) is 24.3 Å². The Morgan fingerprint density at radius 1 is 1.36 bits per heavy atom. The number of ether oxygens (including phenoxy) is 1. The summed E-state index contributed by atoms with van der Waals surface area (Å²) < 4.78 is 18.8. The molecule has 1 heterocycles. The molecule has 2 rings (SSSR count). The smallest absolute Gasteiger partial charge is 0.307 e. The molecule has 0 aliphatic carbocycles. The number of likely N-dealkylation sites (N-methyl/N-ethyl adjacent to an activating group) is 1. The predicted molar refractivity (Wildman–Crippen MR) is 90.9 cm³/mol. The quantitative estimate of drug-likeness (QED) is 0.809. The summed E-state index contributed by atoms with van der Waals surface area (Å²) in [6.45, 7) is 3.82. The molecule has 138 valence electrons. The van der Waals surface area contributed by atoms with Crippen molar-refractivity contribution in [3.05, 3.63) is 30.1 Å². The third-order valence-electron chi connectivity index (χ3n) is 4.39. The van der Waals surface area contributed by atoms with E-state index in [1.54, 1.807) is 19.2 Å². The number of hydrogen-bond donors (Lipinski definition) is 1. The van der Waals surface area contributed by atoms with E-state index in [2.05, 4.69) is 0 Å². The number of nitrogens with zero attached hydrogens (tertiary/aromatic N) is 2. The Kier molecular flexibility index (Phi) is 6.75. The molecule has 1 aliphatic heterocycles. The summed E-state index contributed by atoms with van der Waals surface area (Å²) >= 11 is 0. The van der Waals surface area contributed by atoms with Gasteiger partial charge in [0.05, 0.1) is 19.0 Å². The van der Waals surface area contributed by atoms with Crippen molar-refractivity contribution in [1.82, 2.24) is 9.80 Å². The van der Waals surface area contributed by atoms with Crippen LogP contribution in [0.3, 0.4) is 0 Å². The molecule has 0 aromatic heterocycles. The van der Waals surface area contributed by atoms with Crippen molar-refractivity contribution in [2.24, 2.45) is 11.8 Å². The Hall–Kier alpha value is -2.15. The van der Waals surface area contributed by atoms with Gasteiger partial charge in [-0.25, -0.2) is 4.39 Å². The van der Waals surface area contributed by atoms with Crippen molar-refractivity contribution >= 4 is 11.9 Å². The first kappa shape index (κ1) is 19.2. The highest BCUT2D eigenvalue weighted by atomic mass is 19.1. The number of piperidine rings is 1. The van der Waals surface area contributed by atoms with Crippen LogP contribution in [-0.2, 0) is 9.59 Å². The van der Waals surface area contributed by atoms with Gasteiger partial charge in [-0.15, -0.1) is 0 Å². The Bertz CT molecular complexity index is 610. The predicted octanol–water partition coefficient (Wildman–Crippen LogP) is 1.71. The van der Waals surface area contributed by atoms with Crippen LogP contribution < -0.4 is 4.74 Å². The molecule has 6 nitrogen and oxygen atoms in total. The summed E-state index contributed by atoms with van der Waals surface area (Å²) in [5, 5.41) is 9.19. The molecular formula is C18H25FN2O4. The van der Waals surface area contributed by atoms with Gasteiger partial charge >= 0.3 is 5.97 Å². The van der Waals surface area contributed by atoms with Gasteiger partial charge in [0.15, 0.2) is 11.6 Å². The minimum absolute atomic E-state index is 0.102. The van der Waals surface area contributed by atoms with E-state index in [1.165, 1.54) is 17.0 Å². The van der Waals surface area contributed by atoms with E-state index in [4.69, 9.17) is 4.74 Å². The highest BCUT2D eigenvalue weighted by Crippen LogP contribution is 2.21. The van der Waals surface area contributed by atoms with E-state index < -0.39 is 17.7 Å². The van der Waals surface area contributed by atoms with Crippen molar-refractivity contribution in [1.29, 1.82) is 0 Å². The van der Waals surface area contributed by atoms with Gasteiger partial charge in [0.1, 0.15) is 6.61 Å². The number of benzene rings is 1. The molecule has 25 heavy (non-hydrogen) atoms. The second-order valence-electron chi connectivity index (χ2n) is 6.66. The molecule has 1 aliphatic rings. The molecule has 1 amide bonds. The molecule has 7 heteroatoms. The molecule has 0 radical (unpaired) electrons. The average molecular weight is 352 g/mol. The Morgan fingerprint density at radius 2 is 2.08 bits per heavy atom. The normalized spacial score (nSPS) is 20.9. The van der Waals surface area contributed by atoms with Crippen LogP contribution >= 0.6 is 0 Å². The summed E-state index contributed by atoms with van der Waals surface area (Å²) in [4.78, 5) is 26.9. The van der Waals surface area contributed by atoms with Gasteiger partial charge in [0, 0.05) is 20.1 Å². The van der Waals surface area contributed by atoms with Crippen molar-refractivity contribution in [3.63, 3.8) is 0 Å². The summed E-state index contributed by atoms with van der Waals surface area (Å²) in [5.74, 6) is -1.36. The van der Waals surface area contributed by atoms with Crippen LogP contribution in [0.1, 0.15) is 13.3 Å². The van der Waals surface area contributed by atoms with Gasteiger partial charge in [-0.3, -0.25) is 14.5 Å². The fourth-order valence-electron chi connectivity index (χ4n) is 3.06. The third-order valence-corrected chi connectivity index (χ3v) is 4.39. The van der Waals surface area contributed by atoms with Crippen molar-refractivity contribution in [3.8, 4) is 5.75 Å². The maximum absolute atomic E-state index is 13.5. The lowest BCUT2D eigenvalue weighted by atomic mass is 9.90. The highest BCUT2D eigenvalue weighted by Gasteiger charge is 2.30. The van der Waals surface area contributed by atoms with E-state index in [1.807, 2.05) is 11.8 Å². The fourth-order valence-corrected chi connectivity index (χ4v) is 3.06. The van der Waals surface area contributed by atoms with E-state index in [0.29, 0.717) is 19.5 Å². The number of aliphatic carboxylic acids is 1. The fraction of sp³-hybridized carbons (Fsp3) is 0.556. The average Bonchev–Trinajstić information content (AvgIpc) is 2.55. The third kappa shape index (κ3) is 5.70. The lowest BCUT2D eigenvalue weighted by molar-refractivity contribution is -0.145. The number of rotatable bonds is 7. The first-order valence-corrected chi connectivity index (χ1v) is 8.43. The molecule has 0 saturated carbocycles. The van der Waals surface area contributed by atoms with Gasteiger partial charge in [-0.05, 0) is 24.5 Å². The number of carboxylic acids is 1. The molecule has 1 aromatic carbocycles. The minimum Gasteiger partial charge on any atom is -0.489 e. The summed E-state index contributed by atoms with van der Waals surface area (Å²) in [7, 11) is 1.66. The van der Waals surface area contributed by atoms with Gasteiger partial charge in [-0.2, -0.15) is 0 Å². The maximum atomic E-state index is 13.5. The van der Waals surface area contributed by atoms with Crippen molar-refractivity contribution in [2.75, 3.05) is 39.8 Å². The maximum Gasteiger partial charge on any atom is 0.307 e. The van der Waals surface area contributed by atoms with Crippen LogP contribution in [0.2, 0.25) is 0 Å². The minimum atomic E-state index is -0.810. The van der Waals surface area contributed by atoms with Crippen LogP contribution in [-0.4, -0.2) is 66.6 Å². The standard InChI is InChI=1S/C18H25FN2O4/c1-13-9-14(18(23)24)11-21(10-13)12-17(22)20(2)7-8-25-16-6-4-3-5-15(16)19/h3-6,13-14H,7-12H2,1-2H3,(H,23,24). The molecule has 1 N–H and O–H groups in total. The molecule has 1 fully saturated rings. The van der Waals surface area contributed by atoms with Crippen LogP contribution in [0.4, 0.5) is 4.39 Å². The number of halogens is 1. The Labute approximate surface area is 147 Å². The number of para-hydroxylation sites is 1. The molecule has 1 aromatic rings. The molecule has 0 bridgehead atoms. The second kappa shape index (κ2) is 8.80. The van der Waals surface area contributed by atoms with Crippen molar-refractivity contribution < 1.29 is 23.8 Å². The van der Waals surface area contributed by atoms with Crippen LogP contribution in [0.5, 0.6) is 5.75 Å². The second-order valence-corrected chi connectivity index (χ2v) is 6.66. The number of likely N-dealkylation sites (tertiary alicyclic amines) is 1. The lowest BCUT2D eigenvalue weighted by Gasteiger charge is -2.34.